The van der Waals surface area contributed by atoms with Crippen LogP contribution in [0.15, 0.2) is 48.9 Å². The Bertz CT molecular complexity index is 1330. The molecule has 0 bridgehead atoms. The van der Waals surface area contributed by atoms with Gasteiger partial charge in [0.2, 0.25) is 6.30 Å². The first-order valence-corrected chi connectivity index (χ1v) is 10.1. The molecule has 34 heavy (non-hydrogen) atoms. The molecule has 1 unspecified atom stereocenters. The van der Waals surface area contributed by atoms with Gasteiger partial charge < -0.3 is 14.8 Å². The topological polar surface area (TPSA) is 91.2 Å². The minimum atomic E-state index is -3.37. The number of carbonyl (C=O) groups excluding carboxylic acids is 1. The minimum Gasteiger partial charge on any atom is -0.496 e. The highest BCUT2D eigenvalue weighted by atomic mass is 19.3. The predicted octanol–water partition coefficient (Wildman–Crippen LogP) is 4.10. The molecule has 2 heterocycles. The van der Waals surface area contributed by atoms with Gasteiger partial charge in [-0.1, -0.05) is 6.07 Å². The molecule has 8 nitrogen and oxygen atoms in total. The summed E-state index contributed by atoms with van der Waals surface area (Å²) in [6.07, 6.45) is -2.94. The first kappa shape index (κ1) is 23.0. The van der Waals surface area contributed by atoms with E-state index in [0.29, 0.717) is 11.2 Å². The first-order chi connectivity index (χ1) is 16.3. The molecule has 4 rings (SSSR count). The third-order valence-corrected chi connectivity index (χ3v) is 5.14. The van der Waals surface area contributed by atoms with Crippen LogP contribution in [0.25, 0.3) is 27.8 Å². The van der Waals surface area contributed by atoms with E-state index in [1.54, 1.807) is 22.4 Å². The first-order valence-electron chi connectivity index (χ1n) is 10.1. The van der Waals surface area contributed by atoms with E-state index >= 15 is 0 Å². The summed E-state index contributed by atoms with van der Waals surface area (Å²) >= 11 is 0. The third kappa shape index (κ3) is 4.36. The van der Waals surface area contributed by atoms with Gasteiger partial charge in [0.1, 0.15) is 23.4 Å². The number of imidazole rings is 1. The van der Waals surface area contributed by atoms with Gasteiger partial charge in [0.15, 0.2) is 0 Å². The lowest BCUT2D eigenvalue weighted by Gasteiger charge is -2.17. The van der Waals surface area contributed by atoms with E-state index in [9.17, 15) is 18.0 Å². The summed E-state index contributed by atoms with van der Waals surface area (Å²) in [7, 11) is 2.61. The number of methoxy groups -OCH3 is 2. The molecule has 4 aromatic rings. The van der Waals surface area contributed by atoms with Crippen molar-refractivity contribution in [1.82, 2.24) is 25.1 Å². The van der Waals surface area contributed by atoms with Crippen molar-refractivity contribution in [3.05, 3.63) is 60.2 Å². The van der Waals surface area contributed by atoms with Crippen molar-refractivity contribution in [2.24, 2.45) is 0 Å². The van der Waals surface area contributed by atoms with Crippen molar-refractivity contribution in [3.63, 3.8) is 0 Å². The smallest absolute Gasteiger partial charge is 0.287 e. The molecule has 0 saturated carbocycles. The van der Waals surface area contributed by atoms with E-state index in [4.69, 9.17) is 9.47 Å². The molecular weight excluding hydrogens is 451 g/mol. The maximum Gasteiger partial charge on any atom is 0.287 e. The molecular formula is C23H20F3N5O3. The van der Waals surface area contributed by atoms with Gasteiger partial charge in [-0.2, -0.15) is 10.2 Å². The monoisotopic (exact) mass is 471 g/mol. The van der Waals surface area contributed by atoms with Gasteiger partial charge in [0, 0.05) is 17.7 Å². The molecule has 0 fully saturated rings. The average molecular weight is 471 g/mol. The van der Waals surface area contributed by atoms with Crippen LogP contribution in [0.3, 0.4) is 0 Å². The Kier molecular flexibility index (Phi) is 6.35. The molecule has 0 saturated heterocycles. The summed E-state index contributed by atoms with van der Waals surface area (Å²) in [5.41, 5.74) is 4.39. The Balaban J connectivity index is 1.75. The standard InChI is InChI=1S/C23H20F3N5O3/c1-12-6-14(10-28-30-12)13-4-5-17-16(7-13)27-11-31(17)15-8-18(33-2)20(19(9-15)34-3)23(32)29-22(26)21(24)25/h4-11,21-22H,1-3H3,(H,29,32). The fraction of sp³-hybridized carbons (Fsp3) is 0.217. The summed E-state index contributed by atoms with van der Waals surface area (Å²) in [4.78, 5) is 16.9. The van der Waals surface area contributed by atoms with Gasteiger partial charge in [-0.05, 0) is 30.7 Å². The van der Waals surface area contributed by atoms with E-state index in [-0.39, 0.29) is 17.1 Å². The number of nitrogens with zero attached hydrogens (tertiary/aromatic N) is 4. The second-order valence-corrected chi connectivity index (χ2v) is 7.34. The molecule has 2 aromatic heterocycles. The van der Waals surface area contributed by atoms with Crippen molar-refractivity contribution in [1.29, 1.82) is 0 Å². The number of alkyl halides is 3. The number of nitrogens with one attached hydrogen (secondary N) is 1. The fourth-order valence-corrected chi connectivity index (χ4v) is 3.55. The summed E-state index contributed by atoms with van der Waals surface area (Å²) in [6, 6.07) is 10.6. The summed E-state index contributed by atoms with van der Waals surface area (Å²) < 4.78 is 50.8. The van der Waals surface area contributed by atoms with Crippen LogP contribution in [0.2, 0.25) is 0 Å². The van der Waals surface area contributed by atoms with Crippen LogP contribution >= 0.6 is 0 Å². The van der Waals surface area contributed by atoms with E-state index < -0.39 is 18.6 Å². The normalized spacial score (nSPS) is 12.1. The van der Waals surface area contributed by atoms with Crippen LogP contribution in [0.4, 0.5) is 13.2 Å². The van der Waals surface area contributed by atoms with Crippen molar-refractivity contribution < 1.29 is 27.4 Å². The molecule has 1 amide bonds. The highest BCUT2D eigenvalue weighted by Gasteiger charge is 2.27. The largest absolute Gasteiger partial charge is 0.496 e. The molecule has 0 aliphatic heterocycles. The molecule has 0 spiro atoms. The Labute approximate surface area is 192 Å². The van der Waals surface area contributed by atoms with Gasteiger partial charge in [0.05, 0.1) is 42.8 Å². The summed E-state index contributed by atoms with van der Waals surface area (Å²) in [5, 5.41) is 9.56. The highest BCUT2D eigenvalue weighted by molar-refractivity contribution is 6.00. The number of fused-ring (bicyclic) bond motifs is 1. The Morgan fingerprint density at radius 3 is 2.35 bits per heavy atom. The minimum absolute atomic E-state index is 0.0186. The average Bonchev–Trinajstić information content (AvgIpc) is 3.26. The molecule has 1 N–H and O–H groups in total. The van der Waals surface area contributed by atoms with E-state index in [0.717, 1.165) is 22.3 Å². The molecule has 2 aromatic carbocycles. The SMILES string of the molecule is COc1cc(-n2cnc3cc(-c4cnnc(C)c4)ccc32)cc(OC)c1C(=O)NC(F)C(F)F. The second kappa shape index (κ2) is 9.38. The van der Waals surface area contributed by atoms with E-state index in [1.165, 1.54) is 26.4 Å². The number of aryl methyl sites for hydroxylation is 1. The molecule has 0 aliphatic rings. The summed E-state index contributed by atoms with van der Waals surface area (Å²) in [6.45, 7) is 1.86. The zero-order valence-corrected chi connectivity index (χ0v) is 18.4. The van der Waals surface area contributed by atoms with Crippen molar-refractivity contribution in [3.8, 4) is 28.3 Å². The molecule has 1 atom stereocenters. The maximum absolute atomic E-state index is 13.4. The predicted molar refractivity (Wildman–Crippen MR) is 118 cm³/mol. The van der Waals surface area contributed by atoms with Crippen molar-refractivity contribution >= 4 is 16.9 Å². The lowest BCUT2D eigenvalue weighted by atomic mass is 10.1. The Hall–Kier alpha value is -4.15. The number of rotatable bonds is 7. The second-order valence-electron chi connectivity index (χ2n) is 7.34. The molecule has 11 heteroatoms. The number of hydrogen-bond donors (Lipinski definition) is 1. The lowest BCUT2D eigenvalue weighted by Crippen LogP contribution is -2.36. The molecule has 0 aliphatic carbocycles. The number of ether oxygens (including phenoxy) is 2. The zero-order valence-electron chi connectivity index (χ0n) is 18.4. The zero-order chi connectivity index (χ0) is 24.4. The van der Waals surface area contributed by atoms with Gasteiger partial charge in [-0.25, -0.2) is 18.2 Å². The molecule has 0 radical (unpaired) electrons. The van der Waals surface area contributed by atoms with Gasteiger partial charge in [-0.3, -0.25) is 9.36 Å². The van der Waals surface area contributed by atoms with Crippen molar-refractivity contribution in [2.45, 2.75) is 19.6 Å². The van der Waals surface area contributed by atoms with Gasteiger partial charge >= 0.3 is 0 Å². The van der Waals surface area contributed by atoms with Crippen LogP contribution in [0.5, 0.6) is 11.5 Å². The maximum atomic E-state index is 13.4. The van der Waals surface area contributed by atoms with Crippen LogP contribution in [-0.2, 0) is 0 Å². The van der Waals surface area contributed by atoms with E-state index in [2.05, 4.69) is 15.2 Å². The molecule has 176 valence electrons. The fourth-order valence-electron chi connectivity index (χ4n) is 3.55. The number of amides is 1. The quantitative estimate of drug-likeness (QED) is 0.408. The highest BCUT2D eigenvalue weighted by Crippen LogP contribution is 2.34. The number of carbonyl (C=O) groups is 1. The van der Waals surface area contributed by atoms with Crippen LogP contribution < -0.4 is 14.8 Å². The van der Waals surface area contributed by atoms with E-state index in [1.807, 2.05) is 31.2 Å². The third-order valence-electron chi connectivity index (χ3n) is 5.14. The van der Waals surface area contributed by atoms with Crippen LogP contribution in [0, 0.1) is 6.92 Å². The summed E-state index contributed by atoms with van der Waals surface area (Å²) in [5.74, 6) is -1.05. The van der Waals surface area contributed by atoms with Crippen LogP contribution in [0.1, 0.15) is 16.1 Å². The van der Waals surface area contributed by atoms with Crippen molar-refractivity contribution in [2.75, 3.05) is 14.2 Å². The number of benzene rings is 2. The van der Waals surface area contributed by atoms with Gasteiger partial charge in [-0.15, -0.1) is 0 Å². The lowest BCUT2D eigenvalue weighted by molar-refractivity contribution is 0.0285. The number of halogens is 3. The van der Waals surface area contributed by atoms with Gasteiger partial charge in [0.25, 0.3) is 12.3 Å². The number of aromatic nitrogens is 4. The Morgan fingerprint density at radius 2 is 1.74 bits per heavy atom. The van der Waals surface area contributed by atoms with Crippen LogP contribution in [-0.4, -0.2) is 52.6 Å². The number of hydrogen-bond acceptors (Lipinski definition) is 6. The Morgan fingerprint density at radius 1 is 1.03 bits per heavy atom.